The number of alkyl carbamates (subject to hydrolysis) is 1. The lowest BCUT2D eigenvalue weighted by molar-refractivity contribution is -0.116. The van der Waals surface area contributed by atoms with Crippen molar-refractivity contribution < 1.29 is 14.3 Å². The number of anilines is 1. The topological polar surface area (TPSA) is 67.4 Å². The molecule has 2 N–H and O–H groups in total. The van der Waals surface area contributed by atoms with Gasteiger partial charge in [-0.1, -0.05) is 11.8 Å². The average molecular weight is 314 g/mol. The van der Waals surface area contributed by atoms with Crippen LogP contribution in [0.4, 0.5) is 10.5 Å². The van der Waals surface area contributed by atoms with Gasteiger partial charge in [-0.05, 0) is 51.0 Å². The van der Waals surface area contributed by atoms with Crippen molar-refractivity contribution in [2.75, 3.05) is 11.9 Å². The molecule has 1 aliphatic rings. The second-order valence-corrected chi connectivity index (χ2v) is 6.40. The lowest BCUT2D eigenvalue weighted by atomic mass is 10.0. The molecule has 1 heterocycles. The summed E-state index contributed by atoms with van der Waals surface area (Å²) in [6.07, 6.45) is 1.39. The molecule has 5 heteroatoms. The Bertz CT molecular complexity index is 663. The fourth-order valence-electron chi connectivity index (χ4n) is 2.17. The van der Waals surface area contributed by atoms with Crippen molar-refractivity contribution >= 4 is 17.7 Å². The van der Waals surface area contributed by atoms with Gasteiger partial charge in [0.1, 0.15) is 5.60 Å². The van der Waals surface area contributed by atoms with E-state index in [1.165, 1.54) is 0 Å². The molecule has 1 aromatic carbocycles. The Morgan fingerprint density at radius 1 is 1.35 bits per heavy atom. The third kappa shape index (κ3) is 5.67. The molecule has 1 aromatic rings. The predicted octanol–water partition coefficient (Wildman–Crippen LogP) is 2.84. The summed E-state index contributed by atoms with van der Waals surface area (Å²) in [6.45, 7) is 5.92. The Morgan fingerprint density at radius 2 is 2.13 bits per heavy atom. The second kappa shape index (κ2) is 7.19. The lowest BCUT2D eigenvalue weighted by Gasteiger charge is -2.19. The predicted molar refractivity (Wildman–Crippen MR) is 89.1 cm³/mol. The Labute approximate surface area is 136 Å². The van der Waals surface area contributed by atoms with Crippen molar-refractivity contribution in [3.8, 4) is 11.8 Å². The van der Waals surface area contributed by atoms with Gasteiger partial charge in [-0.15, -0.1) is 0 Å². The van der Waals surface area contributed by atoms with Gasteiger partial charge in [0.25, 0.3) is 0 Å². The van der Waals surface area contributed by atoms with E-state index in [0.717, 1.165) is 23.2 Å². The molecule has 0 unspecified atom stereocenters. The summed E-state index contributed by atoms with van der Waals surface area (Å²) in [5, 5.41) is 5.52. The van der Waals surface area contributed by atoms with Crippen LogP contribution in [-0.4, -0.2) is 24.1 Å². The van der Waals surface area contributed by atoms with Gasteiger partial charge >= 0.3 is 6.09 Å². The molecule has 0 atom stereocenters. The molecule has 0 saturated carbocycles. The van der Waals surface area contributed by atoms with E-state index in [9.17, 15) is 9.59 Å². The van der Waals surface area contributed by atoms with Crippen molar-refractivity contribution in [3.05, 3.63) is 29.3 Å². The summed E-state index contributed by atoms with van der Waals surface area (Å²) >= 11 is 0. The molecule has 2 amide bonds. The molecule has 0 spiro atoms. The molecular weight excluding hydrogens is 292 g/mol. The van der Waals surface area contributed by atoms with E-state index >= 15 is 0 Å². The quantitative estimate of drug-likeness (QED) is 0.651. The highest BCUT2D eigenvalue weighted by Gasteiger charge is 2.15. The van der Waals surface area contributed by atoms with Crippen LogP contribution in [0.2, 0.25) is 0 Å². The van der Waals surface area contributed by atoms with E-state index in [0.29, 0.717) is 19.4 Å². The molecular formula is C18H22N2O3. The number of carbonyl (C=O) groups is 2. The SMILES string of the molecule is CC(C)(C)OC(=O)NCCC#Cc1ccc2c(c1)CCC(=O)N2. The zero-order valence-corrected chi connectivity index (χ0v) is 13.8. The van der Waals surface area contributed by atoms with Gasteiger partial charge < -0.3 is 15.4 Å². The Balaban J connectivity index is 1.81. The fourth-order valence-corrected chi connectivity index (χ4v) is 2.17. The number of amides is 2. The number of hydrogen-bond donors (Lipinski definition) is 2. The lowest BCUT2D eigenvalue weighted by Crippen LogP contribution is -2.32. The maximum atomic E-state index is 11.5. The molecule has 0 saturated heterocycles. The minimum atomic E-state index is -0.492. The number of hydrogen-bond acceptors (Lipinski definition) is 3. The fraction of sp³-hybridized carbons (Fsp3) is 0.444. The summed E-state index contributed by atoms with van der Waals surface area (Å²) in [7, 11) is 0. The van der Waals surface area contributed by atoms with Gasteiger partial charge in [0, 0.05) is 30.6 Å². The highest BCUT2D eigenvalue weighted by atomic mass is 16.6. The van der Waals surface area contributed by atoms with E-state index < -0.39 is 11.7 Å². The highest BCUT2D eigenvalue weighted by molar-refractivity contribution is 5.93. The zero-order valence-electron chi connectivity index (χ0n) is 13.8. The largest absolute Gasteiger partial charge is 0.444 e. The van der Waals surface area contributed by atoms with Crippen LogP contribution < -0.4 is 10.6 Å². The zero-order chi connectivity index (χ0) is 16.9. The first-order valence-corrected chi connectivity index (χ1v) is 7.72. The third-order valence-corrected chi connectivity index (χ3v) is 3.15. The molecule has 122 valence electrons. The van der Waals surface area contributed by atoms with Crippen LogP contribution in [0.1, 0.15) is 44.7 Å². The molecule has 5 nitrogen and oxygen atoms in total. The second-order valence-electron chi connectivity index (χ2n) is 6.40. The molecule has 0 aliphatic carbocycles. The number of fused-ring (bicyclic) bond motifs is 1. The van der Waals surface area contributed by atoms with Crippen LogP contribution >= 0.6 is 0 Å². The van der Waals surface area contributed by atoms with E-state index in [4.69, 9.17) is 4.74 Å². The Kier molecular flexibility index (Phi) is 5.28. The van der Waals surface area contributed by atoms with E-state index in [1.54, 1.807) is 0 Å². The van der Waals surface area contributed by atoms with E-state index in [2.05, 4.69) is 22.5 Å². The molecule has 2 rings (SSSR count). The minimum Gasteiger partial charge on any atom is -0.444 e. The van der Waals surface area contributed by atoms with Crippen LogP contribution in [0.5, 0.6) is 0 Å². The molecule has 0 aromatic heterocycles. The molecule has 0 bridgehead atoms. The number of carbonyl (C=O) groups excluding carboxylic acids is 2. The summed E-state index contributed by atoms with van der Waals surface area (Å²) in [5.74, 6) is 6.16. The van der Waals surface area contributed by atoms with Gasteiger partial charge in [-0.3, -0.25) is 4.79 Å². The van der Waals surface area contributed by atoms with Gasteiger partial charge in [0.2, 0.25) is 5.91 Å². The maximum absolute atomic E-state index is 11.5. The van der Waals surface area contributed by atoms with Crippen LogP contribution in [-0.2, 0) is 16.0 Å². The summed E-state index contributed by atoms with van der Waals surface area (Å²) in [6, 6.07) is 5.77. The first-order chi connectivity index (χ1) is 10.8. The maximum Gasteiger partial charge on any atom is 0.407 e. The standard InChI is InChI=1S/C18H22N2O3/c1-18(2,3)23-17(22)19-11-5-4-6-13-7-9-15-14(12-13)8-10-16(21)20-15/h7,9,12H,5,8,10-11H2,1-3H3,(H,19,22)(H,20,21). The molecule has 0 radical (unpaired) electrons. The summed E-state index contributed by atoms with van der Waals surface area (Å²) in [4.78, 5) is 22.8. The Hall–Kier alpha value is -2.48. The molecule has 23 heavy (non-hydrogen) atoms. The molecule has 1 aliphatic heterocycles. The number of benzene rings is 1. The normalized spacial score (nSPS) is 13.3. The first kappa shape index (κ1) is 16.9. The number of rotatable bonds is 2. The van der Waals surface area contributed by atoms with Crippen LogP contribution in [0, 0.1) is 11.8 Å². The monoisotopic (exact) mass is 314 g/mol. The van der Waals surface area contributed by atoms with Gasteiger partial charge in [0.05, 0.1) is 0 Å². The average Bonchev–Trinajstić information content (AvgIpc) is 2.45. The summed E-state index contributed by atoms with van der Waals surface area (Å²) < 4.78 is 5.14. The van der Waals surface area contributed by atoms with Crippen molar-refractivity contribution in [1.29, 1.82) is 0 Å². The van der Waals surface area contributed by atoms with Crippen LogP contribution in [0.25, 0.3) is 0 Å². The van der Waals surface area contributed by atoms with E-state index in [1.807, 2.05) is 39.0 Å². The molecule has 0 fully saturated rings. The van der Waals surface area contributed by atoms with Crippen molar-refractivity contribution in [2.24, 2.45) is 0 Å². The number of aryl methyl sites for hydroxylation is 1. The van der Waals surface area contributed by atoms with Crippen molar-refractivity contribution in [1.82, 2.24) is 5.32 Å². The van der Waals surface area contributed by atoms with Crippen LogP contribution in [0.3, 0.4) is 0 Å². The van der Waals surface area contributed by atoms with Gasteiger partial charge in [0.15, 0.2) is 0 Å². The number of nitrogens with one attached hydrogen (secondary N) is 2. The minimum absolute atomic E-state index is 0.0598. The van der Waals surface area contributed by atoms with Crippen molar-refractivity contribution in [3.63, 3.8) is 0 Å². The first-order valence-electron chi connectivity index (χ1n) is 7.72. The van der Waals surface area contributed by atoms with Gasteiger partial charge in [-0.2, -0.15) is 0 Å². The van der Waals surface area contributed by atoms with Crippen LogP contribution in [0.15, 0.2) is 18.2 Å². The van der Waals surface area contributed by atoms with E-state index in [-0.39, 0.29) is 5.91 Å². The number of ether oxygens (including phenoxy) is 1. The summed E-state index contributed by atoms with van der Waals surface area (Å²) in [5.41, 5.74) is 2.41. The third-order valence-electron chi connectivity index (χ3n) is 3.15. The van der Waals surface area contributed by atoms with Crippen molar-refractivity contribution in [2.45, 2.75) is 45.6 Å². The smallest absolute Gasteiger partial charge is 0.407 e. The highest BCUT2D eigenvalue weighted by Crippen LogP contribution is 2.23. The van der Waals surface area contributed by atoms with Gasteiger partial charge in [-0.25, -0.2) is 4.79 Å². The Morgan fingerprint density at radius 3 is 2.87 bits per heavy atom.